The largest absolute Gasteiger partial charge is 0.482 e. The molecule has 0 spiro atoms. The number of H-pyrrole nitrogens is 1. The number of anilines is 1. The van der Waals surface area contributed by atoms with Gasteiger partial charge in [-0.2, -0.15) is 0 Å². The van der Waals surface area contributed by atoms with Crippen LogP contribution in [0.15, 0.2) is 23.0 Å². The predicted molar refractivity (Wildman–Crippen MR) is 140 cm³/mol. The zero-order chi connectivity index (χ0) is 26.2. The number of nitrogens with one attached hydrogen (secondary N) is 3. The van der Waals surface area contributed by atoms with Crippen molar-refractivity contribution in [1.29, 1.82) is 0 Å². The first-order valence-corrected chi connectivity index (χ1v) is 13.6. The molecule has 11 nitrogen and oxygen atoms in total. The van der Waals surface area contributed by atoms with Gasteiger partial charge in [0, 0.05) is 26.2 Å². The number of carbonyl (C=O) groups is 3. The molecule has 3 N–H and O–H groups in total. The molecule has 0 bridgehead atoms. The summed E-state index contributed by atoms with van der Waals surface area (Å²) in [6, 6.07) is 5.22. The minimum atomic E-state index is -0.548. The Morgan fingerprint density at radius 1 is 1.21 bits per heavy atom. The standard InChI is InChI=1S/C26H27N5O6S/c32-19-13-37-18-7-6-14(10-17(18)28-19)11-27-24(34)22-29-23(33)20-16-5-3-8-31(12-15-4-1-2-9-36-15)26(35)21(16)38-25(20)30-22/h6-7,10,15H,1-5,8-9,11-13H2,(H,27,34)(H,28,32)(H,29,30,33). The van der Waals surface area contributed by atoms with Crippen LogP contribution in [0, 0.1) is 0 Å². The molecule has 5 heterocycles. The van der Waals surface area contributed by atoms with Gasteiger partial charge in [0.15, 0.2) is 6.61 Å². The van der Waals surface area contributed by atoms with Crippen molar-refractivity contribution < 1.29 is 23.9 Å². The number of carbonyl (C=O) groups excluding carboxylic acids is 3. The van der Waals surface area contributed by atoms with Gasteiger partial charge in [-0.25, -0.2) is 4.98 Å². The zero-order valence-electron chi connectivity index (χ0n) is 20.6. The second-order valence-electron chi connectivity index (χ2n) is 9.70. The SMILES string of the molecule is O=C1COc2ccc(CNC(=O)c3nc4sc5c(c4c(=O)[nH]3)CCCN(CC3CCCCO3)C5=O)cc2N1. The van der Waals surface area contributed by atoms with E-state index in [1.54, 1.807) is 18.2 Å². The number of aryl methyl sites for hydroxylation is 1. The molecule has 1 fully saturated rings. The molecule has 1 saturated heterocycles. The van der Waals surface area contributed by atoms with Crippen molar-refractivity contribution in [2.45, 2.75) is 44.8 Å². The normalized spacial score (nSPS) is 19.3. The van der Waals surface area contributed by atoms with Crippen LogP contribution >= 0.6 is 11.3 Å². The molecule has 198 valence electrons. The summed E-state index contributed by atoms with van der Waals surface area (Å²) in [5.74, 6) is -0.454. The number of nitrogens with zero attached hydrogens (tertiary/aromatic N) is 2. The van der Waals surface area contributed by atoms with Crippen LogP contribution in [0.5, 0.6) is 5.75 Å². The summed E-state index contributed by atoms with van der Waals surface area (Å²) >= 11 is 1.17. The Kier molecular flexibility index (Phi) is 6.58. The van der Waals surface area contributed by atoms with E-state index in [4.69, 9.17) is 9.47 Å². The topological polar surface area (TPSA) is 143 Å². The van der Waals surface area contributed by atoms with Crippen LogP contribution in [0.2, 0.25) is 0 Å². The van der Waals surface area contributed by atoms with Crippen molar-refractivity contribution in [3.63, 3.8) is 0 Å². The first-order chi connectivity index (χ1) is 18.5. The van der Waals surface area contributed by atoms with Gasteiger partial charge < -0.3 is 30.0 Å². The molecular formula is C26H27N5O6S. The molecule has 3 aliphatic rings. The van der Waals surface area contributed by atoms with Crippen LogP contribution in [0.4, 0.5) is 5.69 Å². The van der Waals surface area contributed by atoms with Crippen LogP contribution < -0.4 is 20.9 Å². The quantitative estimate of drug-likeness (QED) is 0.453. The Morgan fingerprint density at radius 2 is 2.11 bits per heavy atom. The number of aromatic amines is 1. The van der Waals surface area contributed by atoms with E-state index in [2.05, 4.69) is 20.6 Å². The van der Waals surface area contributed by atoms with Crippen molar-refractivity contribution in [3.8, 4) is 5.75 Å². The summed E-state index contributed by atoms with van der Waals surface area (Å²) in [6.07, 6.45) is 4.47. The summed E-state index contributed by atoms with van der Waals surface area (Å²) in [5.41, 5.74) is 1.56. The molecule has 1 aromatic carbocycles. The van der Waals surface area contributed by atoms with Gasteiger partial charge in [-0.15, -0.1) is 11.3 Å². The van der Waals surface area contributed by atoms with Crippen molar-refractivity contribution in [1.82, 2.24) is 20.2 Å². The Bertz CT molecular complexity index is 1490. The number of hydrogen-bond acceptors (Lipinski definition) is 8. The smallest absolute Gasteiger partial charge is 0.287 e. The Balaban J connectivity index is 1.20. The van der Waals surface area contributed by atoms with Gasteiger partial charge in [0.05, 0.1) is 22.1 Å². The highest BCUT2D eigenvalue weighted by Crippen LogP contribution is 2.33. The maximum Gasteiger partial charge on any atom is 0.287 e. The number of fused-ring (bicyclic) bond motifs is 4. The van der Waals surface area contributed by atoms with Crippen molar-refractivity contribution in [3.05, 3.63) is 50.4 Å². The lowest BCUT2D eigenvalue weighted by atomic mass is 10.1. The van der Waals surface area contributed by atoms with Crippen LogP contribution in [0.1, 0.15) is 57.1 Å². The summed E-state index contributed by atoms with van der Waals surface area (Å²) in [6.45, 7) is 2.01. The molecule has 3 aromatic rings. The molecule has 3 amide bonds. The molecule has 0 radical (unpaired) electrons. The highest BCUT2D eigenvalue weighted by Gasteiger charge is 2.30. The number of benzene rings is 1. The molecule has 1 unspecified atom stereocenters. The van der Waals surface area contributed by atoms with E-state index in [9.17, 15) is 19.2 Å². The lowest BCUT2D eigenvalue weighted by Gasteiger charge is -2.29. The Morgan fingerprint density at radius 3 is 2.95 bits per heavy atom. The lowest BCUT2D eigenvalue weighted by molar-refractivity contribution is -0.118. The van der Waals surface area contributed by atoms with Crippen LogP contribution in [0.25, 0.3) is 10.2 Å². The van der Waals surface area contributed by atoms with Gasteiger partial charge in [-0.1, -0.05) is 6.07 Å². The molecule has 2 aromatic heterocycles. The molecule has 0 aliphatic carbocycles. The summed E-state index contributed by atoms with van der Waals surface area (Å²) in [4.78, 5) is 60.6. The molecule has 6 rings (SSSR count). The molecular weight excluding hydrogens is 510 g/mol. The second-order valence-corrected chi connectivity index (χ2v) is 10.7. The monoisotopic (exact) mass is 537 g/mol. The van der Waals surface area contributed by atoms with Gasteiger partial charge in [0.2, 0.25) is 5.82 Å². The minimum absolute atomic E-state index is 0.0324. The highest BCUT2D eigenvalue weighted by atomic mass is 32.1. The van der Waals surface area contributed by atoms with Crippen molar-refractivity contribution >= 4 is 45.0 Å². The first kappa shape index (κ1) is 24.6. The van der Waals surface area contributed by atoms with E-state index >= 15 is 0 Å². The molecule has 12 heteroatoms. The number of thiophene rings is 1. The third kappa shape index (κ3) is 4.76. The lowest BCUT2D eigenvalue weighted by Crippen LogP contribution is -2.39. The average Bonchev–Trinajstić information content (AvgIpc) is 3.23. The fourth-order valence-corrected chi connectivity index (χ4v) is 6.34. The Hall–Kier alpha value is -3.77. The number of ether oxygens (including phenoxy) is 2. The maximum absolute atomic E-state index is 13.4. The number of rotatable bonds is 5. The molecule has 3 aliphatic heterocycles. The third-order valence-electron chi connectivity index (χ3n) is 7.04. The van der Waals surface area contributed by atoms with Gasteiger partial charge in [-0.05, 0) is 55.4 Å². The van der Waals surface area contributed by atoms with E-state index < -0.39 is 11.5 Å². The number of hydrogen-bond donors (Lipinski definition) is 3. The molecule has 0 saturated carbocycles. The van der Waals surface area contributed by atoms with E-state index in [-0.39, 0.29) is 36.9 Å². The minimum Gasteiger partial charge on any atom is -0.482 e. The summed E-state index contributed by atoms with van der Waals surface area (Å²) in [7, 11) is 0. The van der Waals surface area contributed by atoms with Gasteiger partial charge in [0.25, 0.3) is 23.3 Å². The average molecular weight is 538 g/mol. The third-order valence-corrected chi connectivity index (χ3v) is 8.15. The van der Waals surface area contributed by atoms with Gasteiger partial charge in [-0.3, -0.25) is 19.2 Å². The zero-order valence-corrected chi connectivity index (χ0v) is 21.4. The first-order valence-electron chi connectivity index (χ1n) is 12.8. The van der Waals surface area contributed by atoms with Crippen molar-refractivity contribution in [2.24, 2.45) is 0 Å². The van der Waals surface area contributed by atoms with E-state index in [0.29, 0.717) is 51.6 Å². The van der Waals surface area contributed by atoms with Crippen LogP contribution in [0.3, 0.4) is 0 Å². The van der Waals surface area contributed by atoms with Gasteiger partial charge >= 0.3 is 0 Å². The maximum atomic E-state index is 13.4. The van der Waals surface area contributed by atoms with E-state index in [1.165, 1.54) is 11.3 Å². The Labute approximate surface area is 221 Å². The summed E-state index contributed by atoms with van der Waals surface area (Å²) < 4.78 is 11.2. The number of aromatic nitrogens is 2. The van der Waals surface area contributed by atoms with E-state index in [0.717, 1.165) is 37.9 Å². The van der Waals surface area contributed by atoms with Gasteiger partial charge in [0.1, 0.15) is 10.6 Å². The fourth-order valence-electron chi connectivity index (χ4n) is 5.15. The van der Waals surface area contributed by atoms with E-state index in [1.807, 2.05) is 4.90 Å². The highest BCUT2D eigenvalue weighted by molar-refractivity contribution is 7.20. The van der Waals surface area contributed by atoms with Crippen LogP contribution in [-0.2, 0) is 22.5 Å². The molecule has 38 heavy (non-hydrogen) atoms. The number of amides is 3. The van der Waals surface area contributed by atoms with Crippen molar-refractivity contribution in [2.75, 3.05) is 31.6 Å². The second kappa shape index (κ2) is 10.2. The summed E-state index contributed by atoms with van der Waals surface area (Å²) in [5, 5.41) is 5.87. The van der Waals surface area contributed by atoms with Crippen LogP contribution in [-0.4, -0.2) is 65.0 Å². The fraction of sp³-hybridized carbons (Fsp3) is 0.423. The molecule has 1 atom stereocenters. The predicted octanol–water partition coefficient (Wildman–Crippen LogP) is 2.20.